The predicted molar refractivity (Wildman–Crippen MR) is 99.6 cm³/mol. The molecule has 2 aromatic carbocycles. The molecule has 2 N–H and O–H groups in total. The number of benzene rings is 2. The largest absolute Gasteiger partial charge is 0.326 e. The summed E-state index contributed by atoms with van der Waals surface area (Å²) >= 11 is 0. The van der Waals surface area contributed by atoms with Gasteiger partial charge in [-0.25, -0.2) is 4.98 Å². The van der Waals surface area contributed by atoms with Gasteiger partial charge < -0.3 is 10.6 Å². The lowest BCUT2D eigenvalue weighted by Crippen LogP contribution is -2.17. The van der Waals surface area contributed by atoms with Crippen LogP contribution in [0.4, 0.5) is 11.4 Å². The average Bonchev–Trinajstić information content (AvgIpc) is 2.62. The van der Waals surface area contributed by atoms with Crippen molar-refractivity contribution in [3.05, 3.63) is 66.4 Å². The molecular weight excluding hydrogens is 314 g/mol. The molecule has 5 nitrogen and oxygen atoms in total. The Kier molecular flexibility index (Phi) is 4.75. The molecule has 0 fully saturated rings. The van der Waals surface area contributed by atoms with Crippen LogP contribution in [0.3, 0.4) is 0 Å². The van der Waals surface area contributed by atoms with Crippen LogP contribution < -0.4 is 10.6 Å². The molecule has 1 heterocycles. The fourth-order valence-electron chi connectivity index (χ4n) is 2.31. The summed E-state index contributed by atoms with van der Waals surface area (Å²) in [4.78, 5) is 28.4. The van der Waals surface area contributed by atoms with Gasteiger partial charge in [-0.3, -0.25) is 9.59 Å². The van der Waals surface area contributed by atoms with Crippen LogP contribution in [-0.2, 0) is 4.79 Å². The van der Waals surface area contributed by atoms with Crippen molar-refractivity contribution in [1.82, 2.24) is 4.98 Å². The highest BCUT2D eigenvalue weighted by atomic mass is 16.2. The van der Waals surface area contributed by atoms with E-state index in [9.17, 15) is 9.59 Å². The molecule has 0 atom stereocenters. The van der Waals surface area contributed by atoms with E-state index in [-0.39, 0.29) is 17.7 Å². The monoisotopic (exact) mass is 333 g/mol. The van der Waals surface area contributed by atoms with E-state index >= 15 is 0 Å². The Morgan fingerprint density at radius 1 is 0.840 bits per heavy atom. The third-order valence-electron chi connectivity index (χ3n) is 3.77. The molecule has 0 aliphatic carbocycles. The van der Waals surface area contributed by atoms with Crippen LogP contribution in [0.25, 0.3) is 10.9 Å². The molecule has 0 spiro atoms. The molecule has 2 amide bonds. The summed E-state index contributed by atoms with van der Waals surface area (Å²) in [5.74, 6) is -0.403. The van der Waals surface area contributed by atoms with E-state index in [2.05, 4.69) is 15.6 Å². The highest BCUT2D eigenvalue weighted by Gasteiger charge is 2.10. The Labute approximate surface area is 146 Å². The zero-order chi connectivity index (χ0) is 17.8. The normalized spacial score (nSPS) is 10.7. The van der Waals surface area contributed by atoms with E-state index in [0.29, 0.717) is 17.1 Å². The number of rotatable bonds is 4. The SMILES string of the molecule is CC(C)C(=O)Nc1ccc(NC(=O)c2ccc3ccccc3n2)cc1. The van der Waals surface area contributed by atoms with Gasteiger partial charge in [0.15, 0.2) is 0 Å². The lowest BCUT2D eigenvalue weighted by molar-refractivity contribution is -0.118. The first-order valence-electron chi connectivity index (χ1n) is 8.11. The number of fused-ring (bicyclic) bond motifs is 1. The molecule has 3 rings (SSSR count). The van der Waals surface area contributed by atoms with Crippen molar-refractivity contribution in [2.24, 2.45) is 5.92 Å². The number of anilines is 2. The number of nitrogens with one attached hydrogen (secondary N) is 2. The van der Waals surface area contributed by atoms with Gasteiger partial charge in [0.2, 0.25) is 5.91 Å². The van der Waals surface area contributed by atoms with E-state index in [1.165, 1.54) is 0 Å². The molecule has 1 aromatic heterocycles. The summed E-state index contributed by atoms with van der Waals surface area (Å²) in [5.41, 5.74) is 2.47. The number of aromatic nitrogens is 1. The van der Waals surface area contributed by atoms with Crippen LogP contribution in [0.15, 0.2) is 60.7 Å². The summed E-state index contributed by atoms with van der Waals surface area (Å²) in [7, 11) is 0. The van der Waals surface area contributed by atoms with Gasteiger partial charge in [-0.2, -0.15) is 0 Å². The maximum absolute atomic E-state index is 12.4. The van der Waals surface area contributed by atoms with Crippen molar-refractivity contribution in [3.63, 3.8) is 0 Å². The minimum absolute atomic E-state index is 0.0443. The van der Waals surface area contributed by atoms with Crippen LogP contribution in [0, 0.1) is 5.92 Å². The number of pyridine rings is 1. The minimum atomic E-state index is -0.273. The van der Waals surface area contributed by atoms with Crippen molar-refractivity contribution in [2.75, 3.05) is 10.6 Å². The number of nitrogens with zero attached hydrogens (tertiary/aromatic N) is 1. The third kappa shape index (κ3) is 4.01. The van der Waals surface area contributed by atoms with E-state index in [1.54, 1.807) is 30.3 Å². The van der Waals surface area contributed by atoms with Gasteiger partial charge in [0.1, 0.15) is 5.69 Å². The summed E-state index contributed by atoms with van der Waals surface area (Å²) in [5, 5.41) is 6.61. The quantitative estimate of drug-likeness (QED) is 0.755. The molecular formula is C20H19N3O2. The van der Waals surface area contributed by atoms with Crippen LogP contribution in [-0.4, -0.2) is 16.8 Å². The van der Waals surface area contributed by atoms with Crippen molar-refractivity contribution in [3.8, 4) is 0 Å². The topological polar surface area (TPSA) is 71.1 Å². The number of para-hydroxylation sites is 1. The summed E-state index contributed by atoms with van der Waals surface area (Å²) in [6.45, 7) is 3.67. The fourth-order valence-corrected chi connectivity index (χ4v) is 2.31. The maximum atomic E-state index is 12.4. The average molecular weight is 333 g/mol. The fraction of sp³-hybridized carbons (Fsp3) is 0.150. The highest BCUT2D eigenvalue weighted by Crippen LogP contribution is 2.16. The molecule has 25 heavy (non-hydrogen) atoms. The molecule has 3 aromatic rings. The Hall–Kier alpha value is -3.21. The second kappa shape index (κ2) is 7.13. The van der Waals surface area contributed by atoms with E-state index in [4.69, 9.17) is 0 Å². The first kappa shape index (κ1) is 16.6. The molecule has 0 radical (unpaired) electrons. The lowest BCUT2D eigenvalue weighted by Gasteiger charge is -2.09. The van der Waals surface area contributed by atoms with E-state index in [1.807, 2.05) is 44.2 Å². The molecule has 126 valence electrons. The standard InChI is InChI=1S/C20H19N3O2/c1-13(2)19(24)21-15-8-10-16(11-9-15)22-20(25)18-12-7-14-5-3-4-6-17(14)23-18/h3-13H,1-2H3,(H,21,24)(H,22,25). The number of hydrogen-bond acceptors (Lipinski definition) is 3. The van der Waals surface area contributed by atoms with Crippen LogP contribution in [0.5, 0.6) is 0 Å². The van der Waals surface area contributed by atoms with Crippen LogP contribution >= 0.6 is 0 Å². The van der Waals surface area contributed by atoms with Gasteiger partial charge in [0.25, 0.3) is 5.91 Å². The van der Waals surface area contributed by atoms with Gasteiger partial charge in [0.05, 0.1) is 5.52 Å². The lowest BCUT2D eigenvalue weighted by atomic mass is 10.2. The van der Waals surface area contributed by atoms with Gasteiger partial charge in [-0.1, -0.05) is 38.1 Å². The number of hydrogen-bond donors (Lipinski definition) is 2. The molecule has 0 unspecified atom stereocenters. The van der Waals surface area contributed by atoms with Gasteiger partial charge in [0, 0.05) is 22.7 Å². The minimum Gasteiger partial charge on any atom is -0.326 e. The number of amides is 2. The first-order valence-corrected chi connectivity index (χ1v) is 8.11. The van der Waals surface area contributed by atoms with E-state index < -0.39 is 0 Å². The van der Waals surface area contributed by atoms with Gasteiger partial charge in [-0.05, 0) is 36.4 Å². The molecule has 0 bridgehead atoms. The van der Waals surface area contributed by atoms with Gasteiger partial charge >= 0.3 is 0 Å². The van der Waals surface area contributed by atoms with Gasteiger partial charge in [-0.15, -0.1) is 0 Å². The smallest absolute Gasteiger partial charge is 0.274 e. The summed E-state index contributed by atoms with van der Waals surface area (Å²) in [6.07, 6.45) is 0. The predicted octanol–water partition coefficient (Wildman–Crippen LogP) is 4.08. The maximum Gasteiger partial charge on any atom is 0.274 e. The number of carbonyl (C=O) groups is 2. The Bertz CT molecular complexity index is 918. The van der Waals surface area contributed by atoms with Crippen molar-refractivity contribution in [2.45, 2.75) is 13.8 Å². The highest BCUT2D eigenvalue weighted by molar-refractivity contribution is 6.04. The summed E-state index contributed by atoms with van der Waals surface area (Å²) in [6, 6.07) is 18.2. The van der Waals surface area contributed by atoms with Crippen molar-refractivity contribution < 1.29 is 9.59 Å². The Balaban J connectivity index is 1.70. The zero-order valence-corrected chi connectivity index (χ0v) is 14.1. The zero-order valence-electron chi connectivity index (χ0n) is 14.1. The second-order valence-corrected chi connectivity index (χ2v) is 6.06. The van der Waals surface area contributed by atoms with Crippen molar-refractivity contribution >= 4 is 34.1 Å². The molecule has 0 aliphatic rings. The molecule has 5 heteroatoms. The van der Waals surface area contributed by atoms with E-state index in [0.717, 1.165) is 10.9 Å². The molecule has 0 saturated heterocycles. The van der Waals surface area contributed by atoms with Crippen LogP contribution in [0.2, 0.25) is 0 Å². The van der Waals surface area contributed by atoms with Crippen molar-refractivity contribution in [1.29, 1.82) is 0 Å². The summed E-state index contributed by atoms with van der Waals surface area (Å²) < 4.78 is 0. The first-order chi connectivity index (χ1) is 12.0. The Morgan fingerprint density at radius 3 is 2.16 bits per heavy atom. The molecule has 0 aliphatic heterocycles. The Morgan fingerprint density at radius 2 is 1.48 bits per heavy atom. The number of carbonyl (C=O) groups excluding carboxylic acids is 2. The second-order valence-electron chi connectivity index (χ2n) is 6.06. The van der Waals surface area contributed by atoms with Crippen LogP contribution in [0.1, 0.15) is 24.3 Å². The third-order valence-corrected chi connectivity index (χ3v) is 3.77. The molecule has 0 saturated carbocycles.